The molecule has 0 spiro atoms. The molecule has 3 heterocycles. The van der Waals surface area contributed by atoms with Crippen LogP contribution in [0.1, 0.15) is 10.4 Å². The Morgan fingerprint density at radius 2 is 2.23 bits per heavy atom. The number of aromatic amines is 1. The van der Waals surface area contributed by atoms with Crippen LogP contribution in [0.2, 0.25) is 5.02 Å². The largest absolute Gasteiger partial charge is 0.290 e. The standard InChI is InChI=1S/C12H5ClN8O4S/c13-5-1-8-7(2-6(5)21(24)25)20-10(23)4(3-14-12(20)26-8)9(22)15-11-16-18-19-17-11/h1-3H,(H2,15,16,17,18,19,22). The number of nitrogens with zero attached hydrogens (tertiary/aromatic N) is 6. The number of nitro groups is 1. The Labute approximate surface area is 150 Å². The van der Waals surface area contributed by atoms with Crippen molar-refractivity contribution in [3.8, 4) is 0 Å². The van der Waals surface area contributed by atoms with Crippen LogP contribution in [0.25, 0.3) is 15.2 Å². The van der Waals surface area contributed by atoms with Gasteiger partial charge in [-0.1, -0.05) is 28.0 Å². The van der Waals surface area contributed by atoms with Crippen molar-refractivity contribution in [2.45, 2.75) is 0 Å². The zero-order chi connectivity index (χ0) is 18.4. The molecule has 0 aliphatic rings. The fourth-order valence-electron chi connectivity index (χ4n) is 2.29. The van der Waals surface area contributed by atoms with Crippen molar-refractivity contribution in [1.82, 2.24) is 30.0 Å². The number of thiazole rings is 1. The van der Waals surface area contributed by atoms with Gasteiger partial charge in [0.15, 0.2) is 4.96 Å². The number of carbonyl (C=O) groups is 1. The van der Waals surface area contributed by atoms with Gasteiger partial charge >= 0.3 is 0 Å². The van der Waals surface area contributed by atoms with E-state index in [1.807, 2.05) is 0 Å². The van der Waals surface area contributed by atoms with E-state index in [1.165, 1.54) is 12.1 Å². The third kappa shape index (κ3) is 2.46. The molecule has 1 amide bonds. The summed E-state index contributed by atoms with van der Waals surface area (Å²) < 4.78 is 1.64. The molecular formula is C12H5ClN8O4S. The minimum absolute atomic E-state index is 0.0444. The van der Waals surface area contributed by atoms with Crippen molar-refractivity contribution in [3.05, 3.63) is 49.4 Å². The number of halogens is 1. The summed E-state index contributed by atoms with van der Waals surface area (Å²) in [4.78, 5) is 39.8. The minimum atomic E-state index is -0.779. The molecule has 26 heavy (non-hydrogen) atoms. The molecule has 0 radical (unpaired) electrons. The van der Waals surface area contributed by atoms with Crippen molar-refractivity contribution >= 4 is 55.7 Å². The molecular weight excluding hydrogens is 388 g/mol. The number of nitro benzene ring substituents is 1. The van der Waals surface area contributed by atoms with E-state index < -0.39 is 16.4 Å². The molecule has 2 N–H and O–H groups in total. The first kappa shape index (κ1) is 16.0. The van der Waals surface area contributed by atoms with E-state index in [0.717, 1.165) is 21.9 Å². The van der Waals surface area contributed by atoms with Crippen LogP contribution in [0.15, 0.2) is 23.1 Å². The second-order valence-corrected chi connectivity index (χ2v) is 6.35. The number of tetrazole rings is 1. The number of benzene rings is 1. The van der Waals surface area contributed by atoms with Gasteiger partial charge in [0.2, 0.25) is 5.95 Å². The minimum Gasteiger partial charge on any atom is -0.289 e. The molecule has 0 bridgehead atoms. The van der Waals surface area contributed by atoms with E-state index in [4.69, 9.17) is 11.6 Å². The Hall–Kier alpha value is -3.45. The predicted molar refractivity (Wildman–Crippen MR) is 90.6 cm³/mol. The van der Waals surface area contributed by atoms with Crippen LogP contribution in [0.5, 0.6) is 0 Å². The fraction of sp³-hybridized carbons (Fsp3) is 0. The van der Waals surface area contributed by atoms with Crippen LogP contribution >= 0.6 is 22.9 Å². The van der Waals surface area contributed by atoms with Crippen LogP contribution in [-0.4, -0.2) is 40.8 Å². The van der Waals surface area contributed by atoms with E-state index in [-0.39, 0.29) is 32.7 Å². The predicted octanol–water partition coefficient (Wildman–Crippen LogP) is 1.24. The molecule has 0 unspecified atom stereocenters. The summed E-state index contributed by atoms with van der Waals surface area (Å²) in [5, 5.41) is 25.8. The Morgan fingerprint density at radius 3 is 2.92 bits per heavy atom. The number of hydrogen-bond donors (Lipinski definition) is 2. The van der Waals surface area contributed by atoms with Gasteiger partial charge < -0.3 is 0 Å². The van der Waals surface area contributed by atoms with Crippen LogP contribution in [-0.2, 0) is 0 Å². The number of aromatic nitrogens is 6. The van der Waals surface area contributed by atoms with Crippen LogP contribution < -0.4 is 10.9 Å². The third-order valence-corrected chi connectivity index (χ3v) is 4.74. The van der Waals surface area contributed by atoms with Crippen LogP contribution in [0, 0.1) is 10.1 Å². The fourth-order valence-corrected chi connectivity index (χ4v) is 3.60. The zero-order valence-corrected chi connectivity index (χ0v) is 13.9. The Bertz CT molecular complexity index is 1250. The average Bonchev–Trinajstić information content (AvgIpc) is 3.21. The van der Waals surface area contributed by atoms with Gasteiger partial charge in [0.25, 0.3) is 17.2 Å². The van der Waals surface area contributed by atoms with Crippen molar-refractivity contribution in [2.75, 3.05) is 5.32 Å². The maximum absolute atomic E-state index is 12.7. The summed E-state index contributed by atoms with van der Waals surface area (Å²) in [5.41, 5.74) is -1.10. The average molecular weight is 393 g/mol. The highest BCUT2D eigenvalue weighted by molar-refractivity contribution is 7.23. The molecule has 0 saturated heterocycles. The summed E-state index contributed by atoms with van der Waals surface area (Å²) in [7, 11) is 0. The lowest BCUT2D eigenvalue weighted by molar-refractivity contribution is -0.384. The summed E-state index contributed by atoms with van der Waals surface area (Å²) in [6.45, 7) is 0. The molecule has 12 nitrogen and oxygen atoms in total. The smallest absolute Gasteiger partial charge is 0.289 e. The summed E-state index contributed by atoms with van der Waals surface area (Å²) >= 11 is 7.01. The van der Waals surface area contributed by atoms with E-state index in [0.29, 0.717) is 4.70 Å². The molecule has 0 atom stereocenters. The molecule has 1 aromatic carbocycles. The van der Waals surface area contributed by atoms with Gasteiger partial charge in [0.1, 0.15) is 10.6 Å². The van der Waals surface area contributed by atoms with Gasteiger partial charge in [-0.3, -0.25) is 25.0 Å². The molecule has 0 fully saturated rings. The monoisotopic (exact) mass is 392 g/mol. The third-order valence-electron chi connectivity index (χ3n) is 3.42. The number of anilines is 1. The van der Waals surface area contributed by atoms with Gasteiger partial charge in [-0.15, -0.1) is 0 Å². The van der Waals surface area contributed by atoms with Crippen molar-refractivity contribution in [2.24, 2.45) is 0 Å². The maximum atomic E-state index is 12.7. The molecule has 0 aliphatic heterocycles. The van der Waals surface area contributed by atoms with Gasteiger partial charge in [-0.2, -0.15) is 0 Å². The highest BCUT2D eigenvalue weighted by Crippen LogP contribution is 2.33. The number of H-pyrrole nitrogens is 1. The Kier molecular flexibility index (Phi) is 3.59. The molecule has 0 saturated carbocycles. The zero-order valence-electron chi connectivity index (χ0n) is 12.3. The first-order valence-electron chi connectivity index (χ1n) is 6.79. The topological polar surface area (TPSA) is 161 Å². The van der Waals surface area contributed by atoms with Crippen molar-refractivity contribution in [3.63, 3.8) is 0 Å². The van der Waals surface area contributed by atoms with Crippen molar-refractivity contribution < 1.29 is 9.72 Å². The lowest BCUT2D eigenvalue weighted by Crippen LogP contribution is -2.26. The quantitative estimate of drug-likeness (QED) is 0.388. The van der Waals surface area contributed by atoms with Gasteiger partial charge in [-0.25, -0.2) is 14.5 Å². The van der Waals surface area contributed by atoms with E-state index in [1.54, 1.807) is 0 Å². The van der Waals surface area contributed by atoms with E-state index in [2.05, 4.69) is 30.9 Å². The van der Waals surface area contributed by atoms with E-state index >= 15 is 0 Å². The first-order chi connectivity index (χ1) is 12.5. The van der Waals surface area contributed by atoms with Crippen molar-refractivity contribution in [1.29, 1.82) is 0 Å². The SMILES string of the molecule is O=C(Nc1nnn[nH]1)c1cnc2sc3cc(Cl)c([N+](=O)[O-])cc3n2c1=O. The second kappa shape index (κ2) is 5.82. The molecule has 3 aromatic heterocycles. The summed E-state index contributed by atoms with van der Waals surface area (Å²) in [6, 6.07) is 2.56. The normalized spacial score (nSPS) is 11.1. The van der Waals surface area contributed by atoms with Gasteiger partial charge in [0.05, 0.1) is 15.1 Å². The van der Waals surface area contributed by atoms with Gasteiger partial charge in [0, 0.05) is 12.3 Å². The van der Waals surface area contributed by atoms with Gasteiger partial charge in [-0.05, 0) is 16.5 Å². The molecule has 4 rings (SSSR count). The lowest BCUT2D eigenvalue weighted by Gasteiger charge is -2.01. The number of hydrogen-bond acceptors (Lipinski definition) is 9. The molecule has 4 aromatic rings. The lowest BCUT2D eigenvalue weighted by atomic mass is 10.3. The second-order valence-electron chi connectivity index (χ2n) is 4.93. The molecule has 0 aliphatic carbocycles. The number of nitrogens with one attached hydrogen (secondary N) is 2. The number of fused-ring (bicyclic) bond motifs is 3. The summed E-state index contributed by atoms with van der Waals surface area (Å²) in [5.74, 6) is -0.824. The number of amides is 1. The maximum Gasteiger partial charge on any atom is 0.290 e. The van der Waals surface area contributed by atoms with Crippen LogP contribution in [0.3, 0.4) is 0 Å². The Balaban J connectivity index is 1.92. The number of rotatable bonds is 3. The molecule has 130 valence electrons. The van der Waals surface area contributed by atoms with E-state index in [9.17, 15) is 19.7 Å². The highest BCUT2D eigenvalue weighted by atomic mass is 35.5. The highest BCUT2D eigenvalue weighted by Gasteiger charge is 2.21. The number of carbonyl (C=O) groups excluding carboxylic acids is 1. The Morgan fingerprint density at radius 1 is 1.42 bits per heavy atom. The molecule has 14 heteroatoms. The summed E-state index contributed by atoms with van der Waals surface area (Å²) in [6.07, 6.45) is 1.11. The first-order valence-corrected chi connectivity index (χ1v) is 7.98. The van der Waals surface area contributed by atoms with Crippen LogP contribution in [0.4, 0.5) is 11.6 Å².